The monoisotopic (exact) mass is 257 g/mol. The number of hydrogen-bond donors (Lipinski definition) is 0. The summed E-state index contributed by atoms with van der Waals surface area (Å²) in [7, 11) is 0. The van der Waals surface area contributed by atoms with Gasteiger partial charge < -0.3 is 0 Å². The van der Waals surface area contributed by atoms with Crippen LogP contribution in [0.4, 0.5) is 0 Å². The summed E-state index contributed by atoms with van der Waals surface area (Å²) < 4.78 is 0. The van der Waals surface area contributed by atoms with Crippen LogP contribution in [0, 0.1) is 17.8 Å². The quantitative estimate of drug-likeness (QED) is 0.784. The molecule has 0 amide bonds. The van der Waals surface area contributed by atoms with Gasteiger partial charge >= 0.3 is 0 Å². The standard InChI is InChI=1S/C16H19NS/c1-12-13(2)16(12,15-17-9-10-18-15)11-14-7-5-3-4-6-8-14/h3-10,12-14H,11H2,1-2H3. The smallest absolute Gasteiger partial charge is 0.0992 e. The van der Waals surface area contributed by atoms with Crippen molar-refractivity contribution in [3.05, 3.63) is 53.0 Å². The minimum Gasteiger partial charge on any atom is -0.249 e. The van der Waals surface area contributed by atoms with Crippen molar-refractivity contribution in [2.75, 3.05) is 0 Å². The van der Waals surface area contributed by atoms with Gasteiger partial charge in [-0.25, -0.2) is 4.98 Å². The van der Waals surface area contributed by atoms with E-state index in [1.165, 1.54) is 11.4 Å². The summed E-state index contributed by atoms with van der Waals surface area (Å²) in [5.41, 5.74) is 0.317. The first-order valence-corrected chi connectivity index (χ1v) is 7.55. The molecule has 18 heavy (non-hydrogen) atoms. The van der Waals surface area contributed by atoms with Gasteiger partial charge in [0.05, 0.1) is 5.01 Å². The minimum absolute atomic E-state index is 0.317. The van der Waals surface area contributed by atoms with Crippen molar-refractivity contribution in [2.45, 2.75) is 25.7 Å². The fourth-order valence-electron chi connectivity index (χ4n) is 3.30. The molecule has 2 unspecified atom stereocenters. The number of thiazole rings is 1. The van der Waals surface area contributed by atoms with Gasteiger partial charge in [0.1, 0.15) is 0 Å². The highest BCUT2D eigenvalue weighted by Crippen LogP contribution is 2.63. The van der Waals surface area contributed by atoms with E-state index in [4.69, 9.17) is 0 Å². The number of aromatic nitrogens is 1. The summed E-state index contributed by atoms with van der Waals surface area (Å²) >= 11 is 1.82. The van der Waals surface area contributed by atoms with Crippen LogP contribution in [0.5, 0.6) is 0 Å². The highest BCUT2D eigenvalue weighted by atomic mass is 32.1. The van der Waals surface area contributed by atoms with Crippen LogP contribution in [-0.4, -0.2) is 4.98 Å². The van der Waals surface area contributed by atoms with Crippen LogP contribution in [0.2, 0.25) is 0 Å². The Morgan fingerprint density at radius 3 is 2.28 bits per heavy atom. The van der Waals surface area contributed by atoms with Crippen molar-refractivity contribution in [2.24, 2.45) is 17.8 Å². The first-order valence-electron chi connectivity index (χ1n) is 6.67. The molecule has 1 nitrogen and oxygen atoms in total. The van der Waals surface area contributed by atoms with E-state index < -0.39 is 0 Å². The summed E-state index contributed by atoms with van der Waals surface area (Å²) in [6.07, 6.45) is 16.3. The van der Waals surface area contributed by atoms with E-state index in [1.807, 2.05) is 17.5 Å². The second kappa shape index (κ2) is 4.51. The molecule has 3 rings (SSSR count). The van der Waals surface area contributed by atoms with E-state index in [2.05, 4.69) is 60.7 Å². The molecule has 2 aliphatic rings. The summed E-state index contributed by atoms with van der Waals surface area (Å²) in [4.78, 5) is 4.59. The molecule has 2 aliphatic carbocycles. The molecule has 1 aromatic heterocycles. The van der Waals surface area contributed by atoms with Crippen LogP contribution in [-0.2, 0) is 5.41 Å². The van der Waals surface area contributed by atoms with Gasteiger partial charge in [0.2, 0.25) is 0 Å². The molecule has 2 heteroatoms. The fourth-order valence-corrected chi connectivity index (χ4v) is 4.34. The SMILES string of the molecule is CC1C(C)C1(CC1C=CC=CC=C1)c1nccs1. The van der Waals surface area contributed by atoms with E-state index in [0.29, 0.717) is 11.3 Å². The summed E-state index contributed by atoms with van der Waals surface area (Å²) in [6.45, 7) is 4.74. The van der Waals surface area contributed by atoms with E-state index in [-0.39, 0.29) is 0 Å². The van der Waals surface area contributed by atoms with Crippen LogP contribution >= 0.6 is 11.3 Å². The zero-order valence-electron chi connectivity index (χ0n) is 10.9. The van der Waals surface area contributed by atoms with Crippen LogP contribution in [0.1, 0.15) is 25.3 Å². The highest BCUT2D eigenvalue weighted by Gasteiger charge is 2.61. The van der Waals surface area contributed by atoms with Crippen molar-refractivity contribution >= 4 is 11.3 Å². The van der Waals surface area contributed by atoms with Gasteiger partial charge in [-0.05, 0) is 24.2 Å². The Bertz CT molecular complexity index is 471. The van der Waals surface area contributed by atoms with Crippen molar-refractivity contribution in [1.82, 2.24) is 4.98 Å². The van der Waals surface area contributed by atoms with Gasteiger partial charge in [-0.15, -0.1) is 11.3 Å². The van der Waals surface area contributed by atoms with Crippen LogP contribution in [0.3, 0.4) is 0 Å². The van der Waals surface area contributed by atoms with Gasteiger partial charge in [-0.2, -0.15) is 0 Å². The molecule has 1 saturated carbocycles. The summed E-state index contributed by atoms with van der Waals surface area (Å²) in [5, 5.41) is 3.44. The second-order valence-electron chi connectivity index (χ2n) is 5.48. The highest BCUT2D eigenvalue weighted by molar-refractivity contribution is 7.09. The van der Waals surface area contributed by atoms with Crippen LogP contribution in [0.15, 0.2) is 48.0 Å². The third kappa shape index (κ3) is 1.79. The molecule has 1 fully saturated rings. The summed E-state index contributed by atoms with van der Waals surface area (Å²) in [5.74, 6) is 2.04. The zero-order valence-corrected chi connectivity index (χ0v) is 11.7. The van der Waals surface area contributed by atoms with Crippen molar-refractivity contribution in [1.29, 1.82) is 0 Å². The molecule has 1 heterocycles. The predicted octanol–water partition coefficient (Wildman–Crippen LogP) is 4.36. The predicted molar refractivity (Wildman–Crippen MR) is 77.6 cm³/mol. The lowest BCUT2D eigenvalue weighted by molar-refractivity contribution is 0.502. The number of allylic oxidation sites excluding steroid dienone is 6. The van der Waals surface area contributed by atoms with Gasteiger partial charge in [-0.1, -0.05) is 50.3 Å². The Labute approximate surface area is 113 Å². The lowest BCUT2D eigenvalue weighted by Crippen LogP contribution is -2.15. The zero-order chi connectivity index (χ0) is 12.6. The molecule has 0 N–H and O–H groups in total. The topological polar surface area (TPSA) is 12.9 Å². The van der Waals surface area contributed by atoms with Crippen molar-refractivity contribution < 1.29 is 0 Å². The molecule has 0 radical (unpaired) electrons. The normalized spacial score (nSPS) is 34.8. The van der Waals surface area contributed by atoms with E-state index in [0.717, 1.165) is 11.8 Å². The molecule has 0 saturated heterocycles. The average molecular weight is 257 g/mol. The van der Waals surface area contributed by atoms with Crippen molar-refractivity contribution in [3.63, 3.8) is 0 Å². The minimum atomic E-state index is 0.317. The fraction of sp³-hybridized carbons (Fsp3) is 0.438. The third-order valence-electron chi connectivity index (χ3n) is 4.72. The number of nitrogens with zero attached hydrogens (tertiary/aromatic N) is 1. The lowest BCUT2D eigenvalue weighted by atomic mass is 9.88. The maximum absolute atomic E-state index is 4.59. The van der Waals surface area contributed by atoms with E-state index in [9.17, 15) is 0 Å². The second-order valence-corrected chi connectivity index (χ2v) is 6.37. The lowest BCUT2D eigenvalue weighted by Gasteiger charge is -2.18. The van der Waals surface area contributed by atoms with Crippen LogP contribution in [0.25, 0.3) is 0 Å². The molecule has 94 valence electrons. The Kier molecular flexibility index (Phi) is 2.98. The molecule has 0 spiro atoms. The van der Waals surface area contributed by atoms with Gasteiger partial charge in [0.25, 0.3) is 0 Å². The van der Waals surface area contributed by atoms with E-state index >= 15 is 0 Å². The molecule has 0 aliphatic heterocycles. The van der Waals surface area contributed by atoms with Gasteiger partial charge in [0.15, 0.2) is 0 Å². The van der Waals surface area contributed by atoms with Crippen LogP contribution < -0.4 is 0 Å². The van der Waals surface area contributed by atoms with Gasteiger partial charge in [-0.3, -0.25) is 0 Å². The Balaban J connectivity index is 1.85. The Morgan fingerprint density at radius 1 is 1.11 bits per heavy atom. The first kappa shape index (κ1) is 11.9. The summed E-state index contributed by atoms with van der Waals surface area (Å²) in [6, 6.07) is 0. The molecule has 1 aromatic rings. The number of hydrogen-bond acceptors (Lipinski definition) is 2. The maximum Gasteiger partial charge on any atom is 0.0992 e. The Hall–Kier alpha value is -1.15. The largest absolute Gasteiger partial charge is 0.249 e. The maximum atomic E-state index is 4.59. The molecule has 0 bridgehead atoms. The van der Waals surface area contributed by atoms with E-state index in [1.54, 1.807) is 0 Å². The number of rotatable bonds is 3. The Morgan fingerprint density at radius 2 is 1.78 bits per heavy atom. The molecule has 2 atom stereocenters. The molecular formula is C16H19NS. The van der Waals surface area contributed by atoms with Crippen molar-refractivity contribution in [3.8, 4) is 0 Å². The third-order valence-corrected chi connectivity index (χ3v) is 5.69. The molecule has 0 aromatic carbocycles. The first-order chi connectivity index (χ1) is 8.75. The van der Waals surface area contributed by atoms with Gasteiger partial charge in [0, 0.05) is 17.0 Å². The molecular weight excluding hydrogens is 238 g/mol. The average Bonchev–Trinajstić information content (AvgIpc) is 2.75.